The molecular weight excluding hydrogens is 431 g/mol. The lowest BCUT2D eigenvalue weighted by molar-refractivity contribution is -0.274. The summed E-state index contributed by atoms with van der Waals surface area (Å²) in [7, 11) is 1.88. The fraction of sp³-hybridized carbons (Fsp3) is 0.350. The molecule has 0 aliphatic heterocycles. The Morgan fingerprint density at radius 2 is 1.97 bits per heavy atom. The van der Waals surface area contributed by atoms with E-state index in [0.717, 1.165) is 17.8 Å². The first-order valence-corrected chi connectivity index (χ1v) is 9.73. The van der Waals surface area contributed by atoms with E-state index in [1.165, 1.54) is 16.8 Å². The Bertz CT molecular complexity index is 1130. The average Bonchev–Trinajstić information content (AvgIpc) is 3.08. The molecule has 1 saturated carbocycles. The summed E-state index contributed by atoms with van der Waals surface area (Å²) in [5, 5.41) is 26.1. The van der Waals surface area contributed by atoms with Crippen molar-refractivity contribution in [1.82, 2.24) is 20.1 Å². The number of ether oxygens (including phenoxy) is 1. The zero-order valence-corrected chi connectivity index (χ0v) is 16.9. The molecule has 32 heavy (non-hydrogen) atoms. The smallest absolute Gasteiger partial charge is 0.465 e. The molecule has 9 nitrogen and oxygen atoms in total. The van der Waals surface area contributed by atoms with Crippen LogP contribution in [0.5, 0.6) is 5.75 Å². The molecule has 1 aliphatic rings. The number of hydrogen-bond acceptors (Lipinski definition) is 6. The molecule has 3 N–H and O–H groups in total. The Kier molecular flexibility index (Phi) is 5.55. The van der Waals surface area contributed by atoms with Gasteiger partial charge in [0.25, 0.3) is 0 Å². The van der Waals surface area contributed by atoms with Crippen molar-refractivity contribution in [3.8, 4) is 11.4 Å². The second-order valence-electron chi connectivity index (χ2n) is 7.48. The summed E-state index contributed by atoms with van der Waals surface area (Å²) in [4.78, 5) is 17.4. The number of aliphatic hydroxyl groups is 1. The predicted molar refractivity (Wildman–Crippen MR) is 108 cm³/mol. The van der Waals surface area contributed by atoms with E-state index in [1.807, 2.05) is 11.9 Å². The zero-order valence-electron chi connectivity index (χ0n) is 16.9. The number of nitrogens with one attached hydrogen (secondary N) is 1. The van der Waals surface area contributed by atoms with Crippen LogP contribution in [0.2, 0.25) is 0 Å². The molecule has 0 radical (unpaired) electrons. The third kappa shape index (κ3) is 4.40. The van der Waals surface area contributed by atoms with E-state index in [4.69, 9.17) is 5.11 Å². The lowest BCUT2D eigenvalue weighted by atomic mass is 9.88. The van der Waals surface area contributed by atoms with Crippen molar-refractivity contribution in [2.75, 3.05) is 11.9 Å². The molecule has 0 unspecified atom stereocenters. The number of amides is 1. The third-order valence-electron chi connectivity index (χ3n) is 5.36. The van der Waals surface area contributed by atoms with Crippen LogP contribution >= 0.6 is 0 Å². The highest BCUT2D eigenvalue weighted by Crippen LogP contribution is 2.35. The molecule has 1 amide bonds. The number of anilines is 1. The van der Waals surface area contributed by atoms with Gasteiger partial charge in [-0.3, -0.25) is 0 Å². The van der Waals surface area contributed by atoms with Gasteiger partial charge in [-0.05, 0) is 43.2 Å². The highest BCUT2D eigenvalue weighted by Gasteiger charge is 2.33. The summed E-state index contributed by atoms with van der Waals surface area (Å²) in [5.74, 6) is -0.373. The predicted octanol–water partition coefficient (Wildman–Crippen LogP) is 3.05. The van der Waals surface area contributed by atoms with E-state index in [2.05, 4.69) is 20.1 Å². The third-order valence-corrected chi connectivity index (χ3v) is 5.36. The van der Waals surface area contributed by atoms with Gasteiger partial charge in [0.15, 0.2) is 5.65 Å². The van der Waals surface area contributed by atoms with Crippen molar-refractivity contribution in [2.24, 2.45) is 0 Å². The number of hydrogen-bond donors (Lipinski definition) is 3. The Morgan fingerprint density at radius 1 is 1.28 bits per heavy atom. The Hall–Kier alpha value is -3.54. The van der Waals surface area contributed by atoms with E-state index in [-0.39, 0.29) is 24.4 Å². The van der Waals surface area contributed by atoms with Gasteiger partial charge in [0.2, 0.25) is 0 Å². The number of nitrogens with zero attached hydrogens (tertiary/aromatic N) is 4. The Morgan fingerprint density at radius 3 is 2.56 bits per heavy atom. The van der Waals surface area contributed by atoms with Crippen LogP contribution < -0.4 is 15.0 Å². The summed E-state index contributed by atoms with van der Waals surface area (Å²) in [6.07, 6.45) is -3.58. The van der Waals surface area contributed by atoms with Gasteiger partial charge in [-0.25, -0.2) is 14.5 Å². The largest absolute Gasteiger partial charge is 0.573 e. The van der Waals surface area contributed by atoms with Crippen molar-refractivity contribution in [3.05, 3.63) is 42.2 Å². The van der Waals surface area contributed by atoms with Crippen LogP contribution in [-0.4, -0.2) is 56.6 Å². The minimum Gasteiger partial charge on any atom is -0.465 e. The normalized spacial score (nSPS) is 18.3. The van der Waals surface area contributed by atoms with E-state index in [0.29, 0.717) is 35.3 Å². The minimum atomic E-state index is -4.80. The van der Waals surface area contributed by atoms with Gasteiger partial charge in [0.05, 0.1) is 35.1 Å². The summed E-state index contributed by atoms with van der Waals surface area (Å²) in [6, 6.07) is 7.03. The van der Waals surface area contributed by atoms with Gasteiger partial charge in [-0.2, -0.15) is 5.10 Å². The first-order chi connectivity index (χ1) is 15.1. The first kappa shape index (κ1) is 21.7. The lowest BCUT2D eigenvalue weighted by Gasteiger charge is -2.40. The standard InChI is InChI=1S/C20H20F3N5O4/c1-27(12-8-13(29)9-12)16-6-7-24-18-17(16)15(10-25-19(30)31)26-28(18)11-2-4-14(5-3-11)32-20(21,22)23/h2-7,12-13,25,29H,8-10H2,1H3,(H,30,31). The Labute approximate surface area is 180 Å². The monoisotopic (exact) mass is 451 g/mol. The number of fused-ring (bicyclic) bond motifs is 1. The second-order valence-corrected chi connectivity index (χ2v) is 7.48. The number of alkyl halides is 3. The topological polar surface area (TPSA) is 113 Å². The van der Waals surface area contributed by atoms with Gasteiger partial charge >= 0.3 is 12.5 Å². The summed E-state index contributed by atoms with van der Waals surface area (Å²) in [5.41, 5.74) is 2.02. The first-order valence-electron chi connectivity index (χ1n) is 9.73. The molecule has 1 aromatic carbocycles. The van der Waals surface area contributed by atoms with Crippen LogP contribution in [0.25, 0.3) is 16.7 Å². The molecule has 2 heterocycles. The van der Waals surface area contributed by atoms with Crippen molar-refractivity contribution in [2.45, 2.75) is 37.9 Å². The number of rotatable bonds is 6. The summed E-state index contributed by atoms with van der Waals surface area (Å²) >= 11 is 0. The van der Waals surface area contributed by atoms with Gasteiger partial charge in [-0.1, -0.05) is 0 Å². The van der Waals surface area contributed by atoms with E-state index in [1.54, 1.807) is 12.3 Å². The molecule has 0 bridgehead atoms. The maximum atomic E-state index is 12.4. The molecule has 170 valence electrons. The SMILES string of the molecule is CN(c1ccnc2c1c(CNC(=O)O)nn2-c1ccc(OC(F)(F)F)cc1)C1CC(O)C1. The number of benzene rings is 1. The van der Waals surface area contributed by atoms with Crippen LogP contribution in [0.3, 0.4) is 0 Å². The molecule has 0 atom stereocenters. The van der Waals surface area contributed by atoms with Gasteiger partial charge < -0.3 is 25.2 Å². The summed E-state index contributed by atoms with van der Waals surface area (Å²) < 4.78 is 42.7. The number of aromatic nitrogens is 3. The van der Waals surface area contributed by atoms with Crippen LogP contribution in [0.4, 0.5) is 23.7 Å². The number of carboxylic acid groups (broad SMARTS) is 1. The highest BCUT2D eigenvalue weighted by molar-refractivity contribution is 5.93. The minimum absolute atomic E-state index is 0.0894. The van der Waals surface area contributed by atoms with E-state index in [9.17, 15) is 23.1 Å². The fourth-order valence-corrected chi connectivity index (χ4v) is 3.71. The van der Waals surface area contributed by atoms with Gasteiger partial charge in [-0.15, -0.1) is 13.2 Å². The zero-order chi connectivity index (χ0) is 23.0. The van der Waals surface area contributed by atoms with Gasteiger partial charge in [0, 0.05) is 19.3 Å². The molecular formula is C20H20F3N5O4. The van der Waals surface area contributed by atoms with Crippen LogP contribution in [0, 0.1) is 0 Å². The molecule has 0 spiro atoms. The van der Waals surface area contributed by atoms with E-state index >= 15 is 0 Å². The molecule has 4 rings (SSSR count). The lowest BCUT2D eigenvalue weighted by Crippen LogP contribution is -2.45. The Balaban J connectivity index is 1.76. The van der Waals surface area contributed by atoms with Gasteiger partial charge in [0.1, 0.15) is 5.75 Å². The molecule has 1 aliphatic carbocycles. The number of carbonyl (C=O) groups is 1. The molecule has 0 saturated heterocycles. The molecule has 12 heteroatoms. The molecule has 1 fully saturated rings. The number of aliphatic hydroxyl groups excluding tert-OH is 1. The molecule has 2 aromatic heterocycles. The van der Waals surface area contributed by atoms with Crippen molar-refractivity contribution in [1.29, 1.82) is 0 Å². The van der Waals surface area contributed by atoms with Crippen molar-refractivity contribution >= 4 is 22.8 Å². The van der Waals surface area contributed by atoms with Crippen molar-refractivity contribution in [3.63, 3.8) is 0 Å². The maximum absolute atomic E-state index is 12.4. The maximum Gasteiger partial charge on any atom is 0.573 e. The van der Waals surface area contributed by atoms with Crippen molar-refractivity contribution < 1.29 is 32.9 Å². The quantitative estimate of drug-likeness (QED) is 0.528. The van der Waals surface area contributed by atoms with Crippen LogP contribution in [0.15, 0.2) is 36.5 Å². The second kappa shape index (κ2) is 8.19. The number of halogens is 3. The van der Waals surface area contributed by atoms with Crippen LogP contribution in [-0.2, 0) is 6.54 Å². The fourth-order valence-electron chi connectivity index (χ4n) is 3.71. The van der Waals surface area contributed by atoms with E-state index < -0.39 is 12.5 Å². The number of pyridine rings is 1. The average molecular weight is 451 g/mol. The highest BCUT2D eigenvalue weighted by atomic mass is 19.4. The summed E-state index contributed by atoms with van der Waals surface area (Å²) in [6.45, 7) is -0.0894. The van der Waals surface area contributed by atoms with Crippen LogP contribution in [0.1, 0.15) is 18.5 Å². The molecule has 3 aromatic rings.